The molecule has 0 bridgehead atoms. The highest BCUT2D eigenvalue weighted by Gasteiger charge is 2.32. The van der Waals surface area contributed by atoms with Crippen LogP contribution in [0.1, 0.15) is 80.6 Å². The van der Waals surface area contributed by atoms with Gasteiger partial charge >= 0.3 is 5.97 Å². The Balaban J connectivity index is 0.000000316. The van der Waals surface area contributed by atoms with Gasteiger partial charge in [0.15, 0.2) is 0 Å². The lowest BCUT2D eigenvalue weighted by Crippen LogP contribution is -2.36. The summed E-state index contributed by atoms with van der Waals surface area (Å²) in [4.78, 5) is 22.9. The second kappa shape index (κ2) is 13.1. The first-order chi connectivity index (χ1) is 14.5. The van der Waals surface area contributed by atoms with Crippen molar-refractivity contribution in [3.8, 4) is 0 Å². The van der Waals surface area contributed by atoms with Crippen LogP contribution in [0.2, 0.25) is 0 Å². The molecule has 2 rings (SSSR count). The fourth-order valence-corrected chi connectivity index (χ4v) is 4.89. The molecular weight excluding hydrogens is 404 g/mol. The van der Waals surface area contributed by atoms with Gasteiger partial charge in [-0.15, -0.1) is 11.8 Å². The fraction of sp³-hybridized carbons (Fsp3) is 0.630. The highest BCUT2D eigenvalue weighted by atomic mass is 32.2. The first-order valence-corrected chi connectivity index (χ1v) is 12.4. The molecule has 0 saturated carbocycles. The van der Waals surface area contributed by atoms with Gasteiger partial charge in [0.1, 0.15) is 11.9 Å². The van der Waals surface area contributed by atoms with Gasteiger partial charge in [0.25, 0.3) is 0 Å². The van der Waals surface area contributed by atoms with Crippen molar-refractivity contribution in [3.63, 3.8) is 0 Å². The summed E-state index contributed by atoms with van der Waals surface area (Å²) in [5.74, 6) is 1.85. The number of rotatable bonds is 8. The standard InChI is InChI=1S/C15H22OS.C12H20O2/c1-15(2,3)13(9-11-16)10-12-17-14-7-5-4-6-8-14;1-9-5-7-11(8-6-9)12(3,4)14-10(2)13/h4-8,11,13H,9-10,12H2,1-3H3;5,11H,6-8H2,1-4H3. The maximum absolute atomic E-state index is 10.9. The number of carbonyl (C=O) groups excluding carboxylic acids is 2. The van der Waals surface area contributed by atoms with Gasteiger partial charge in [-0.3, -0.25) is 4.79 Å². The number of allylic oxidation sites excluding steroid dienone is 2. The topological polar surface area (TPSA) is 43.4 Å². The Labute approximate surface area is 194 Å². The number of hydrogen-bond acceptors (Lipinski definition) is 4. The first kappa shape index (κ1) is 27.5. The van der Waals surface area contributed by atoms with Gasteiger partial charge < -0.3 is 9.53 Å². The molecule has 3 nitrogen and oxygen atoms in total. The van der Waals surface area contributed by atoms with Crippen molar-refractivity contribution < 1.29 is 14.3 Å². The molecular formula is C27H42O3S. The van der Waals surface area contributed by atoms with E-state index in [4.69, 9.17) is 4.74 Å². The second-order valence-electron chi connectivity index (χ2n) is 10.1. The zero-order valence-corrected chi connectivity index (χ0v) is 21.4. The third-order valence-electron chi connectivity index (χ3n) is 6.11. The molecule has 4 heteroatoms. The van der Waals surface area contributed by atoms with Crippen molar-refractivity contribution in [3.05, 3.63) is 42.0 Å². The average molecular weight is 447 g/mol. The third-order valence-corrected chi connectivity index (χ3v) is 7.16. The Morgan fingerprint density at radius 2 is 1.84 bits per heavy atom. The molecule has 1 aromatic rings. The third kappa shape index (κ3) is 11.0. The molecule has 1 aliphatic rings. The summed E-state index contributed by atoms with van der Waals surface area (Å²) < 4.78 is 5.34. The Morgan fingerprint density at radius 1 is 1.19 bits per heavy atom. The number of carbonyl (C=O) groups is 2. The first-order valence-electron chi connectivity index (χ1n) is 11.4. The maximum Gasteiger partial charge on any atom is 0.303 e. The van der Waals surface area contributed by atoms with Gasteiger partial charge in [-0.25, -0.2) is 0 Å². The molecule has 1 aromatic carbocycles. The van der Waals surface area contributed by atoms with Crippen LogP contribution in [0.4, 0.5) is 0 Å². The van der Waals surface area contributed by atoms with E-state index in [1.807, 2.05) is 31.7 Å². The van der Waals surface area contributed by atoms with E-state index in [1.165, 1.54) is 17.4 Å². The molecule has 2 unspecified atom stereocenters. The van der Waals surface area contributed by atoms with E-state index in [0.717, 1.165) is 37.7 Å². The van der Waals surface area contributed by atoms with Crippen molar-refractivity contribution in [2.24, 2.45) is 17.3 Å². The summed E-state index contributed by atoms with van der Waals surface area (Å²) in [6, 6.07) is 10.4. The smallest absolute Gasteiger partial charge is 0.303 e. The summed E-state index contributed by atoms with van der Waals surface area (Å²) in [6.45, 7) is 14.3. The van der Waals surface area contributed by atoms with Crippen molar-refractivity contribution in [1.82, 2.24) is 0 Å². The molecule has 0 spiro atoms. The lowest BCUT2D eigenvalue weighted by atomic mass is 9.77. The van der Waals surface area contributed by atoms with Crippen LogP contribution in [0, 0.1) is 17.3 Å². The van der Waals surface area contributed by atoms with E-state index in [2.05, 4.69) is 58.0 Å². The minimum absolute atomic E-state index is 0.179. The lowest BCUT2D eigenvalue weighted by Gasteiger charge is -2.35. The van der Waals surface area contributed by atoms with Crippen molar-refractivity contribution in [1.29, 1.82) is 0 Å². The van der Waals surface area contributed by atoms with Crippen LogP contribution < -0.4 is 0 Å². The lowest BCUT2D eigenvalue weighted by molar-refractivity contribution is -0.159. The molecule has 2 atom stereocenters. The Hall–Kier alpha value is -1.55. The molecule has 31 heavy (non-hydrogen) atoms. The van der Waals surface area contributed by atoms with Crippen molar-refractivity contribution in [2.75, 3.05) is 5.75 Å². The number of hydrogen-bond donors (Lipinski definition) is 0. The highest BCUT2D eigenvalue weighted by Crippen LogP contribution is 2.34. The molecule has 0 fully saturated rings. The van der Waals surface area contributed by atoms with Crippen LogP contribution in [0.3, 0.4) is 0 Å². The van der Waals surface area contributed by atoms with E-state index in [0.29, 0.717) is 18.3 Å². The van der Waals surface area contributed by atoms with Gasteiger partial charge in [-0.1, -0.05) is 50.6 Å². The molecule has 0 aliphatic heterocycles. The van der Waals surface area contributed by atoms with E-state index in [-0.39, 0.29) is 17.0 Å². The van der Waals surface area contributed by atoms with Gasteiger partial charge in [0.2, 0.25) is 0 Å². The molecule has 0 aromatic heterocycles. The number of ether oxygens (including phenoxy) is 1. The second-order valence-corrected chi connectivity index (χ2v) is 11.3. The number of aldehydes is 1. The van der Waals surface area contributed by atoms with Crippen molar-refractivity contribution in [2.45, 2.75) is 91.1 Å². The van der Waals surface area contributed by atoms with E-state index in [1.54, 1.807) is 0 Å². The molecule has 1 aliphatic carbocycles. The Morgan fingerprint density at radius 3 is 2.32 bits per heavy atom. The molecule has 0 amide bonds. The summed E-state index contributed by atoms with van der Waals surface area (Å²) in [6.07, 6.45) is 8.40. The summed E-state index contributed by atoms with van der Waals surface area (Å²) in [5.41, 5.74) is 1.36. The fourth-order valence-electron chi connectivity index (χ4n) is 3.91. The van der Waals surface area contributed by atoms with Crippen LogP contribution >= 0.6 is 11.8 Å². The van der Waals surface area contributed by atoms with Crippen molar-refractivity contribution >= 4 is 24.0 Å². The molecule has 0 N–H and O–H groups in total. The van der Waals surface area contributed by atoms with E-state index >= 15 is 0 Å². The quantitative estimate of drug-likeness (QED) is 0.179. The van der Waals surface area contributed by atoms with Gasteiger partial charge in [-0.2, -0.15) is 0 Å². The predicted molar refractivity (Wildman–Crippen MR) is 132 cm³/mol. The van der Waals surface area contributed by atoms with E-state index in [9.17, 15) is 9.59 Å². The molecule has 0 heterocycles. The summed E-state index contributed by atoms with van der Waals surface area (Å²) >= 11 is 1.87. The van der Waals surface area contributed by atoms with Gasteiger partial charge in [0, 0.05) is 24.2 Å². The Kier molecular flexibility index (Phi) is 11.6. The predicted octanol–water partition coefficient (Wildman–Crippen LogP) is 7.49. The van der Waals surface area contributed by atoms with E-state index < -0.39 is 0 Å². The maximum atomic E-state index is 10.9. The zero-order valence-electron chi connectivity index (χ0n) is 20.6. The molecule has 174 valence electrons. The van der Waals surface area contributed by atoms with Crippen LogP contribution in [0.15, 0.2) is 46.9 Å². The number of esters is 1. The monoisotopic (exact) mass is 446 g/mol. The Bertz CT molecular complexity index is 701. The zero-order chi connectivity index (χ0) is 23.5. The van der Waals surface area contributed by atoms with Crippen LogP contribution in [-0.4, -0.2) is 23.6 Å². The van der Waals surface area contributed by atoms with Crippen LogP contribution in [-0.2, 0) is 14.3 Å². The number of thioether (sulfide) groups is 1. The summed E-state index contributed by atoms with van der Waals surface area (Å²) in [7, 11) is 0. The average Bonchev–Trinajstić information content (AvgIpc) is 2.67. The minimum Gasteiger partial charge on any atom is -0.460 e. The molecule has 0 radical (unpaired) electrons. The van der Waals surface area contributed by atoms with Crippen LogP contribution in [0.25, 0.3) is 0 Å². The summed E-state index contributed by atoms with van der Waals surface area (Å²) in [5, 5.41) is 0. The largest absolute Gasteiger partial charge is 0.460 e. The molecule has 0 saturated heterocycles. The highest BCUT2D eigenvalue weighted by molar-refractivity contribution is 7.99. The van der Waals surface area contributed by atoms with Gasteiger partial charge in [-0.05, 0) is 75.7 Å². The SMILES string of the molecule is CC(=O)OC(C)(C)C1CC=C(C)CC1.CC(C)(C)C(CC=O)CCSc1ccccc1. The minimum atomic E-state index is -0.316. The normalized spacial score (nSPS) is 17.6. The van der Waals surface area contributed by atoms with Gasteiger partial charge in [0.05, 0.1) is 0 Å². The van der Waals surface area contributed by atoms with Crippen LogP contribution in [0.5, 0.6) is 0 Å². The number of benzene rings is 1.